The van der Waals surface area contributed by atoms with Gasteiger partial charge in [-0.15, -0.1) is 0 Å². The molecule has 0 spiro atoms. The smallest absolute Gasteiger partial charge is 0.0553 e. The summed E-state index contributed by atoms with van der Waals surface area (Å²) < 4.78 is 0. The predicted octanol–water partition coefficient (Wildman–Crippen LogP) is 9.23. The van der Waals surface area contributed by atoms with E-state index in [1.807, 2.05) is 45.1 Å². The quantitative estimate of drug-likeness (QED) is 0.191. The van der Waals surface area contributed by atoms with Crippen molar-refractivity contribution in [3.8, 4) is 0 Å². The van der Waals surface area contributed by atoms with Gasteiger partial charge in [-0.1, -0.05) is 81.5 Å². The largest absolute Gasteiger partial charge is 0.343 e. The third-order valence-electron chi connectivity index (χ3n) is 6.20. The first-order valence-corrected chi connectivity index (χ1v) is 15.3. The number of nitrogens with zero attached hydrogens (tertiary/aromatic N) is 2. The summed E-state index contributed by atoms with van der Waals surface area (Å²) in [6, 6.07) is 31.1. The summed E-state index contributed by atoms with van der Waals surface area (Å²) >= 11 is 3.74. The van der Waals surface area contributed by atoms with Crippen LogP contribution >= 0.6 is 45.1 Å². The van der Waals surface area contributed by atoms with Crippen LogP contribution in [0, 0.1) is 0 Å². The van der Waals surface area contributed by atoms with Gasteiger partial charge >= 0.3 is 0 Å². The highest BCUT2D eigenvalue weighted by Crippen LogP contribution is 2.49. The van der Waals surface area contributed by atoms with E-state index in [2.05, 4.69) is 109 Å². The molecule has 0 bridgehead atoms. The molecule has 34 heavy (non-hydrogen) atoms. The fraction of sp³-hybridized carbons (Fsp3) is 0.143. The van der Waals surface area contributed by atoms with E-state index in [0.717, 1.165) is 11.5 Å². The molecule has 0 saturated carbocycles. The first-order valence-electron chi connectivity index (χ1n) is 11.2. The van der Waals surface area contributed by atoms with E-state index >= 15 is 0 Å². The van der Waals surface area contributed by atoms with Gasteiger partial charge in [-0.05, 0) is 59.7 Å². The van der Waals surface area contributed by atoms with Crippen molar-refractivity contribution >= 4 is 67.9 Å². The Labute approximate surface area is 217 Å². The van der Waals surface area contributed by atoms with E-state index in [1.165, 1.54) is 53.5 Å². The van der Waals surface area contributed by atoms with Gasteiger partial charge < -0.3 is 9.80 Å². The number of fused-ring (bicyclic) bond motifs is 4. The molecule has 0 saturated heterocycles. The Balaban J connectivity index is 1.09. The predicted molar refractivity (Wildman–Crippen MR) is 153 cm³/mol. The minimum Gasteiger partial charge on any atom is -0.343 e. The molecular formula is C28H24N2S4. The van der Waals surface area contributed by atoms with E-state index in [4.69, 9.17) is 0 Å². The Morgan fingerprint density at radius 3 is 1.41 bits per heavy atom. The molecule has 0 unspecified atom stereocenters. The molecule has 0 radical (unpaired) electrons. The Morgan fingerprint density at radius 1 is 0.529 bits per heavy atom. The normalized spacial score (nSPS) is 13.7. The molecule has 0 aromatic heterocycles. The first kappa shape index (κ1) is 22.4. The van der Waals surface area contributed by atoms with Crippen LogP contribution in [-0.4, -0.2) is 14.1 Å². The standard InChI is InChI=1S/C28H24N2S4/c1-29-21-7-3-5-9-25(21)33-27-13-11-19(15-23(27)29)17-31-32-18-20-12-14-28-24(16-20)30(2)22-8-4-6-10-26(22)34-28/h3-16H,17-18H2,1-2H3. The number of rotatable bonds is 5. The van der Waals surface area contributed by atoms with Crippen molar-refractivity contribution in [2.45, 2.75) is 31.1 Å². The number of para-hydroxylation sites is 2. The van der Waals surface area contributed by atoms with Crippen LogP contribution in [0.15, 0.2) is 105 Å². The molecule has 4 aromatic carbocycles. The molecule has 2 nitrogen and oxygen atoms in total. The van der Waals surface area contributed by atoms with Crippen LogP contribution in [0.25, 0.3) is 0 Å². The van der Waals surface area contributed by atoms with E-state index < -0.39 is 0 Å². The van der Waals surface area contributed by atoms with Crippen molar-refractivity contribution in [3.63, 3.8) is 0 Å². The number of hydrogen-bond donors (Lipinski definition) is 0. The lowest BCUT2D eigenvalue weighted by atomic mass is 10.2. The Bertz CT molecular complexity index is 1270. The fourth-order valence-electron chi connectivity index (χ4n) is 4.36. The second-order valence-corrected chi connectivity index (χ2v) is 13.0. The highest BCUT2D eigenvalue weighted by molar-refractivity contribution is 8.76. The fourth-order valence-corrected chi connectivity index (χ4v) is 8.73. The molecule has 0 fully saturated rings. The van der Waals surface area contributed by atoms with Crippen molar-refractivity contribution in [2.24, 2.45) is 0 Å². The van der Waals surface area contributed by atoms with E-state index in [-0.39, 0.29) is 0 Å². The van der Waals surface area contributed by atoms with Crippen LogP contribution in [-0.2, 0) is 11.5 Å². The summed E-state index contributed by atoms with van der Waals surface area (Å²) in [7, 11) is 8.22. The lowest BCUT2D eigenvalue weighted by Crippen LogP contribution is -2.14. The molecule has 0 N–H and O–H groups in total. The molecule has 170 valence electrons. The van der Waals surface area contributed by atoms with Crippen LogP contribution < -0.4 is 9.80 Å². The Morgan fingerprint density at radius 2 is 0.941 bits per heavy atom. The minimum atomic E-state index is 1.01. The third kappa shape index (κ3) is 4.22. The van der Waals surface area contributed by atoms with Gasteiger partial charge in [-0.25, -0.2) is 0 Å². The number of hydrogen-bond acceptors (Lipinski definition) is 6. The van der Waals surface area contributed by atoms with Crippen molar-refractivity contribution < 1.29 is 0 Å². The third-order valence-corrected chi connectivity index (χ3v) is 10.7. The van der Waals surface area contributed by atoms with Gasteiger partial charge in [0.1, 0.15) is 0 Å². The Hall–Kier alpha value is -2.12. The average Bonchev–Trinajstić information content (AvgIpc) is 2.87. The van der Waals surface area contributed by atoms with Crippen LogP contribution in [0.1, 0.15) is 11.1 Å². The summed E-state index contributed by atoms with van der Waals surface area (Å²) in [4.78, 5) is 9.96. The second kappa shape index (κ2) is 9.50. The van der Waals surface area contributed by atoms with Crippen molar-refractivity contribution in [3.05, 3.63) is 96.1 Å². The number of benzene rings is 4. The molecule has 4 aromatic rings. The van der Waals surface area contributed by atoms with Gasteiger partial charge in [0, 0.05) is 45.2 Å². The summed E-state index contributed by atoms with van der Waals surface area (Å²) in [5.74, 6) is 2.01. The van der Waals surface area contributed by atoms with Crippen LogP contribution in [0.4, 0.5) is 22.7 Å². The molecule has 0 aliphatic carbocycles. The molecule has 6 rings (SSSR count). The monoisotopic (exact) mass is 516 g/mol. The SMILES string of the molecule is CN1c2ccccc2Sc2ccc(CSSCc3ccc4c(c3)N(C)c3ccccc3S4)cc21. The molecule has 0 amide bonds. The molecule has 0 atom stereocenters. The zero-order valence-electron chi connectivity index (χ0n) is 19.0. The summed E-state index contributed by atoms with van der Waals surface area (Å²) in [6.07, 6.45) is 0. The maximum absolute atomic E-state index is 2.36. The lowest BCUT2D eigenvalue weighted by Gasteiger charge is -2.30. The zero-order chi connectivity index (χ0) is 23.1. The summed E-state index contributed by atoms with van der Waals surface area (Å²) in [5.41, 5.74) is 7.95. The van der Waals surface area contributed by atoms with Gasteiger partial charge in [-0.3, -0.25) is 0 Å². The first-order chi connectivity index (χ1) is 16.7. The second-order valence-electron chi connectivity index (χ2n) is 8.39. The van der Waals surface area contributed by atoms with Crippen molar-refractivity contribution in [1.29, 1.82) is 0 Å². The maximum Gasteiger partial charge on any atom is 0.0553 e. The highest BCUT2D eigenvalue weighted by atomic mass is 33.1. The molecule has 2 heterocycles. The van der Waals surface area contributed by atoms with E-state index in [1.54, 1.807) is 0 Å². The highest BCUT2D eigenvalue weighted by Gasteiger charge is 2.21. The topological polar surface area (TPSA) is 6.48 Å². The molecular weight excluding hydrogens is 493 g/mol. The van der Waals surface area contributed by atoms with Crippen LogP contribution in [0.3, 0.4) is 0 Å². The van der Waals surface area contributed by atoms with Gasteiger partial charge in [0.05, 0.1) is 22.7 Å². The zero-order valence-corrected chi connectivity index (χ0v) is 22.3. The van der Waals surface area contributed by atoms with E-state index in [0.29, 0.717) is 0 Å². The van der Waals surface area contributed by atoms with Crippen LogP contribution in [0.5, 0.6) is 0 Å². The average molecular weight is 517 g/mol. The van der Waals surface area contributed by atoms with E-state index in [9.17, 15) is 0 Å². The van der Waals surface area contributed by atoms with Gasteiger partial charge in [0.2, 0.25) is 0 Å². The van der Waals surface area contributed by atoms with Gasteiger partial charge in [-0.2, -0.15) is 0 Å². The molecule has 6 heteroatoms. The number of anilines is 4. The van der Waals surface area contributed by atoms with Crippen molar-refractivity contribution in [1.82, 2.24) is 0 Å². The van der Waals surface area contributed by atoms with Gasteiger partial charge in [0.15, 0.2) is 0 Å². The summed E-state index contributed by atoms with van der Waals surface area (Å²) in [6.45, 7) is 0. The maximum atomic E-state index is 2.36. The molecule has 2 aliphatic rings. The lowest BCUT2D eigenvalue weighted by molar-refractivity contribution is 1.10. The van der Waals surface area contributed by atoms with Crippen molar-refractivity contribution in [2.75, 3.05) is 23.9 Å². The minimum absolute atomic E-state index is 1.01. The Kier molecular flexibility index (Phi) is 6.24. The van der Waals surface area contributed by atoms with Crippen LogP contribution in [0.2, 0.25) is 0 Å². The molecule has 2 aliphatic heterocycles. The van der Waals surface area contributed by atoms with Gasteiger partial charge in [0.25, 0.3) is 0 Å². The summed E-state index contributed by atoms with van der Waals surface area (Å²) in [5, 5.41) is 0.